The highest BCUT2D eigenvalue weighted by Gasteiger charge is 2.19. The number of benzene rings is 1. The minimum Gasteiger partial charge on any atom is -0.389 e. The van der Waals surface area contributed by atoms with E-state index in [4.69, 9.17) is 18.0 Å². The van der Waals surface area contributed by atoms with Crippen LogP contribution in [-0.4, -0.2) is 23.0 Å². The van der Waals surface area contributed by atoms with Crippen molar-refractivity contribution >= 4 is 17.2 Å². The zero-order valence-electron chi connectivity index (χ0n) is 11.8. The van der Waals surface area contributed by atoms with Gasteiger partial charge < -0.3 is 5.73 Å². The topological polar surface area (TPSA) is 29.3 Å². The monoisotopic (exact) mass is 276 g/mol. The number of rotatable bonds is 5. The largest absolute Gasteiger partial charge is 0.389 e. The molecule has 0 bridgehead atoms. The van der Waals surface area contributed by atoms with Gasteiger partial charge in [-0.25, -0.2) is 0 Å². The van der Waals surface area contributed by atoms with Gasteiger partial charge in [0.15, 0.2) is 0 Å². The molecule has 1 fully saturated rings. The van der Waals surface area contributed by atoms with E-state index in [2.05, 4.69) is 24.0 Å². The summed E-state index contributed by atoms with van der Waals surface area (Å²) >= 11 is 5.13. The van der Waals surface area contributed by atoms with Crippen molar-refractivity contribution in [1.29, 1.82) is 0 Å². The first kappa shape index (κ1) is 14.5. The summed E-state index contributed by atoms with van der Waals surface area (Å²) in [5.74, 6) is 0.937. The molecule has 19 heavy (non-hydrogen) atoms. The highest BCUT2D eigenvalue weighted by molar-refractivity contribution is 7.80. The Labute approximate surface area is 122 Å². The first-order chi connectivity index (χ1) is 9.20. The van der Waals surface area contributed by atoms with Crippen molar-refractivity contribution in [2.75, 3.05) is 13.1 Å². The quantitative estimate of drug-likeness (QED) is 0.836. The van der Waals surface area contributed by atoms with Crippen molar-refractivity contribution in [3.8, 4) is 0 Å². The SMILES string of the molecule is CCCC1CCN(Cc2ccccc2C(N)=S)CC1. The van der Waals surface area contributed by atoms with Gasteiger partial charge in [-0.2, -0.15) is 0 Å². The standard InChI is InChI=1S/C16H24N2S/c1-2-5-13-8-10-18(11-9-13)12-14-6-3-4-7-15(14)16(17)19/h3-4,6-7,13H,2,5,8-12H2,1H3,(H2,17,19). The Morgan fingerprint density at radius 1 is 1.32 bits per heavy atom. The van der Waals surface area contributed by atoms with Crippen LogP contribution < -0.4 is 5.73 Å². The van der Waals surface area contributed by atoms with Crippen LogP contribution in [0.2, 0.25) is 0 Å². The predicted octanol–water partition coefficient (Wildman–Crippen LogP) is 3.33. The van der Waals surface area contributed by atoms with E-state index < -0.39 is 0 Å². The van der Waals surface area contributed by atoms with Crippen LogP contribution in [-0.2, 0) is 6.54 Å². The third-order valence-corrected chi connectivity index (χ3v) is 4.30. The van der Waals surface area contributed by atoms with Crippen molar-refractivity contribution < 1.29 is 0 Å². The summed E-state index contributed by atoms with van der Waals surface area (Å²) in [5.41, 5.74) is 8.10. The van der Waals surface area contributed by atoms with Gasteiger partial charge >= 0.3 is 0 Å². The number of nitrogens with two attached hydrogens (primary N) is 1. The number of hydrogen-bond acceptors (Lipinski definition) is 2. The number of nitrogens with zero attached hydrogens (tertiary/aromatic N) is 1. The van der Waals surface area contributed by atoms with Gasteiger partial charge in [0.05, 0.1) is 0 Å². The number of piperidine rings is 1. The Hall–Kier alpha value is -0.930. The molecule has 1 aliphatic heterocycles. The first-order valence-corrected chi connectivity index (χ1v) is 7.71. The maximum Gasteiger partial charge on any atom is 0.104 e. The fourth-order valence-electron chi connectivity index (χ4n) is 2.98. The van der Waals surface area contributed by atoms with E-state index >= 15 is 0 Å². The highest BCUT2D eigenvalue weighted by Crippen LogP contribution is 2.23. The molecule has 0 aromatic heterocycles. The molecule has 104 valence electrons. The lowest BCUT2D eigenvalue weighted by Crippen LogP contribution is -2.33. The predicted molar refractivity (Wildman–Crippen MR) is 85.2 cm³/mol. The maximum absolute atomic E-state index is 5.79. The second kappa shape index (κ2) is 7.01. The minimum absolute atomic E-state index is 0.511. The van der Waals surface area contributed by atoms with Crippen LogP contribution in [0.3, 0.4) is 0 Å². The molecule has 2 N–H and O–H groups in total. The van der Waals surface area contributed by atoms with Gasteiger partial charge in [-0.15, -0.1) is 0 Å². The van der Waals surface area contributed by atoms with Gasteiger partial charge in [-0.05, 0) is 37.4 Å². The molecule has 0 unspecified atom stereocenters. The summed E-state index contributed by atoms with van der Waals surface area (Å²) in [5, 5.41) is 0. The summed E-state index contributed by atoms with van der Waals surface area (Å²) in [6.45, 7) is 5.67. The fourth-order valence-corrected chi connectivity index (χ4v) is 3.18. The van der Waals surface area contributed by atoms with E-state index in [9.17, 15) is 0 Å². The summed E-state index contributed by atoms with van der Waals surface area (Å²) in [7, 11) is 0. The molecule has 2 nitrogen and oxygen atoms in total. The Balaban J connectivity index is 1.94. The van der Waals surface area contributed by atoms with E-state index in [0.29, 0.717) is 4.99 Å². The van der Waals surface area contributed by atoms with Crippen LogP contribution in [0.15, 0.2) is 24.3 Å². The van der Waals surface area contributed by atoms with Crippen LogP contribution in [0.25, 0.3) is 0 Å². The number of thiocarbonyl (C=S) groups is 1. The third-order valence-electron chi connectivity index (χ3n) is 4.08. The summed E-state index contributed by atoms with van der Waals surface area (Å²) in [6.07, 6.45) is 5.37. The lowest BCUT2D eigenvalue weighted by atomic mass is 9.92. The van der Waals surface area contributed by atoms with Gasteiger partial charge in [-0.3, -0.25) is 4.90 Å². The number of hydrogen-bond donors (Lipinski definition) is 1. The molecule has 0 saturated carbocycles. The van der Waals surface area contributed by atoms with Crippen molar-refractivity contribution in [3.63, 3.8) is 0 Å². The zero-order valence-corrected chi connectivity index (χ0v) is 12.6. The Morgan fingerprint density at radius 2 is 2.00 bits per heavy atom. The molecular formula is C16H24N2S. The number of likely N-dealkylation sites (tertiary alicyclic amines) is 1. The molecule has 1 aromatic carbocycles. The van der Waals surface area contributed by atoms with Crippen molar-refractivity contribution in [3.05, 3.63) is 35.4 Å². The Kier molecular flexibility index (Phi) is 5.34. The van der Waals surface area contributed by atoms with E-state index in [1.165, 1.54) is 44.3 Å². The molecule has 2 rings (SSSR count). The van der Waals surface area contributed by atoms with Gasteiger partial charge in [0.1, 0.15) is 4.99 Å². The molecule has 1 aromatic rings. The average molecular weight is 276 g/mol. The molecule has 1 heterocycles. The van der Waals surface area contributed by atoms with Gasteiger partial charge in [-0.1, -0.05) is 56.2 Å². The van der Waals surface area contributed by atoms with Gasteiger partial charge in [0, 0.05) is 12.1 Å². The van der Waals surface area contributed by atoms with E-state index in [0.717, 1.165) is 18.0 Å². The normalized spacial score (nSPS) is 17.5. The molecule has 0 spiro atoms. The van der Waals surface area contributed by atoms with E-state index in [-0.39, 0.29) is 0 Å². The average Bonchev–Trinajstić information content (AvgIpc) is 2.42. The molecule has 1 aliphatic rings. The van der Waals surface area contributed by atoms with Crippen LogP contribution in [0.1, 0.15) is 43.7 Å². The first-order valence-electron chi connectivity index (χ1n) is 7.30. The molecule has 3 heteroatoms. The zero-order chi connectivity index (χ0) is 13.7. The third kappa shape index (κ3) is 4.02. The van der Waals surface area contributed by atoms with Gasteiger partial charge in [0.25, 0.3) is 0 Å². The van der Waals surface area contributed by atoms with E-state index in [1.54, 1.807) is 0 Å². The molecule has 0 amide bonds. The van der Waals surface area contributed by atoms with E-state index in [1.807, 2.05) is 12.1 Å². The van der Waals surface area contributed by atoms with Crippen LogP contribution in [0.5, 0.6) is 0 Å². The summed E-state index contributed by atoms with van der Waals surface area (Å²) in [6, 6.07) is 8.25. The van der Waals surface area contributed by atoms with Crippen molar-refractivity contribution in [1.82, 2.24) is 4.90 Å². The fraction of sp³-hybridized carbons (Fsp3) is 0.562. The highest BCUT2D eigenvalue weighted by atomic mass is 32.1. The summed E-state index contributed by atoms with van der Waals surface area (Å²) < 4.78 is 0. The van der Waals surface area contributed by atoms with Crippen LogP contribution in [0, 0.1) is 5.92 Å². The van der Waals surface area contributed by atoms with Crippen molar-refractivity contribution in [2.24, 2.45) is 11.7 Å². The summed E-state index contributed by atoms with van der Waals surface area (Å²) in [4.78, 5) is 3.04. The second-order valence-corrected chi connectivity index (χ2v) is 5.97. The van der Waals surface area contributed by atoms with Crippen molar-refractivity contribution in [2.45, 2.75) is 39.2 Å². The Bertz CT molecular complexity index is 423. The minimum atomic E-state index is 0.511. The molecule has 1 saturated heterocycles. The smallest absolute Gasteiger partial charge is 0.104 e. The van der Waals surface area contributed by atoms with Gasteiger partial charge in [0.2, 0.25) is 0 Å². The Morgan fingerprint density at radius 3 is 2.63 bits per heavy atom. The van der Waals surface area contributed by atoms with Crippen LogP contribution >= 0.6 is 12.2 Å². The molecule has 0 atom stereocenters. The molecule has 0 radical (unpaired) electrons. The maximum atomic E-state index is 5.79. The lowest BCUT2D eigenvalue weighted by molar-refractivity contribution is 0.172. The lowest BCUT2D eigenvalue weighted by Gasteiger charge is -2.32. The second-order valence-electron chi connectivity index (χ2n) is 5.53. The molecular weight excluding hydrogens is 252 g/mol. The van der Waals surface area contributed by atoms with Crippen LogP contribution in [0.4, 0.5) is 0 Å². The molecule has 0 aliphatic carbocycles.